The quantitative estimate of drug-likeness (QED) is 0.840. The van der Waals surface area contributed by atoms with Crippen molar-refractivity contribution >= 4 is 0 Å². The zero-order chi connectivity index (χ0) is 14.8. The van der Waals surface area contributed by atoms with Gasteiger partial charge in [0.05, 0.1) is 6.61 Å². The zero-order valence-corrected chi connectivity index (χ0v) is 12.9. The highest BCUT2D eigenvalue weighted by atomic mass is 16.5. The maximum atomic E-state index is 9.81. The minimum absolute atomic E-state index is 0.136. The van der Waals surface area contributed by atoms with Gasteiger partial charge in [-0.2, -0.15) is 0 Å². The topological polar surface area (TPSA) is 55.5 Å². The SMILES string of the molecule is Cc1ccc2c(c1)CC(CC(CN)(CO)CC(C)C)O2. The minimum Gasteiger partial charge on any atom is -0.490 e. The van der Waals surface area contributed by atoms with Crippen molar-refractivity contribution < 1.29 is 9.84 Å². The molecule has 0 saturated heterocycles. The van der Waals surface area contributed by atoms with Crippen molar-refractivity contribution in [3.8, 4) is 5.75 Å². The van der Waals surface area contributed by atoms with Crippen LogP contribution in [0.15, 0.2) is 18.2 Å². The number of aliphatic hydroxyl groups excluding tert-OH is 1. The third kappa shape index (κ3) is 3.33. The van der Waals surface area contributed by atoms with Gasteiger partial charge in [-0.05, 0) is 37.3 Å². The Kier molecular flexibility index (Phi) is 4.71. The molecule has 3 nitrogen and oxygen atoms in total. The van der Waals surface area contributed by atoms with Crippen molar-refractivity contribution in [2.45, 2.75) is 46.1 Å². The van der Waals surface area contributed by atoms with Crippen molar-refractivity contribution in [1.82, 2.24) is 0 Å². The fraction of sp³-hybridized carbons (Fsp3) is 0.647. The Morgan fingerprint density at radius 2 is 2.20 bits per heavy atom. The van der Waals surface area contributed by atoms with Crippen molar-refractivity contribution in [3.05, 3.63) is 29.3 Å². The highest BCUT2D eigenvalue weighted by Crippen LogP contribution is 2.37. The van der Waals surface area contributed by atoms with Crippen LogP contribution in [0.4, 0.5) is 0 Å². The Morgan fingerprint density at radius 1 is 1.45 bits per heavy atom. The van der Waals surface area contributed by atoms with Gasteiger partial charge in [-0.3, -0.25) is 0 Å². The summed E-state index contributed by atoms with van der Waals surface area (Å²) in [6.07, 6.45) is 2.83. The van der Waals surface area contributed by atoms with Gasteiger partial charge < -0.3 is 15.6 Å². The van der Waals surface area contributed by atoms with E-state index in [9.17, 15) is 5.11 Å². The molecule has 2 atom stereocenters. The molecule has 0 spiro atoms. The smallest absolute Gasteiger partial charge is 0.123 e. The third-order valence-electron chi connectivity index (χ3n) is 4.23. The van der Waals surface area contributed by atoms with Gasteiger partial charge in [0, 0.05) is 18.4 Å². The van der Waals surface area contributed by atoms with Gasteiger partial charge in [0.1, 0.15) is 11.9 Å². The highest BCUT2D eigenvalue weighted by molar-refractivity contribution is 5.40. The maximum Gasteiger partial charge on any atom is 0.123 e. The van der Waals surface area contributed by atoms with E-state index in [4.69, 9.17) is 10.5 Å². The summed E-state index contributed by atoms with van der Waals surface area (Å²) < 4.78 is 6.04. The molecule has 112 valence electrons. The van der Waals surface area contributed by atoms with Crippen LogP contribution in [0.3, 0.4) is 0 Å². The molecule has 1 aliphatic rings. The Balaban J connectivity index is 2.07. The number of ether oxygens (including phenoxy) is 1. The Hall–Kier alpha value is -1.06. The summed E-state index contributed by atoms with van der Waals surface area (Å²) in [4.78, 5) is 0. The molecule has 1 aliphatic heterocycles. The van der Waals surface area contributed by atoms with E-state index in [1.807, 2.05) is 0 Å². The second-order valence-corrected chi connectivity index (χ2v) is 6.72. The van der Waals surface area contributed by atoms with Gasteiger partial charge in [0.2, 0.25) is 0 Å². The van der Waals surface area contributed by atoms with Crippen LogP contribution in [0.2, 0.25) is 0 Å². The van der Waals surface area contributed by atoms with Crippen LogP contribution >= 0.6 is 0 Å². The van der Waals surface area contributed by atoms with Gasteiger partial charge in [-0.1, -0.05) is 31.5 Å². The number of rotatable bonds is 6. The first kappa shape index (κ1) is 15.3. The van der Waals surface area contributed by atoms with E-state index in [0.29, 0.717) is 12.5 Å². The highest BCUT2D eigenvalue weighted by Gasteiger charge is 2.35. The predicted octanol–water partition coefficient (Wildman–Crippen LogP) is 2.67. The molecular weight excluding hydrogens is 250 g/mol. The van der Waals surface area contributed by atoms with Gasteiger partial charge in [0.25, 0.3) is 0 Å². The summed E-state index contributed by atoms with van der Waals surface area (Å²) in [5.41, 5.74) is 8.29. The molecule has 2 unspecified atom stereocenters. The molecule has 0 aromatic heterocycles. The lowest BCUT2D eigenvalue weighted by molar-refractivity contribution is 0.0573. The lowest BCUT2D eigenvalue weighted by atomic mass is 9.76. The van der Waals surface area contributed by atoms with Crippen molar-refractivity contribution in [1.29, 1.82) is 0 Å². The predicted molar refractivity (Wildman–Crippen MR) is 81.9 cm³/mol. The van der Waals surface area contributed by atoms with E-state index < -0.39 is 0 Å². The number of fused-ring (bicyclic) bond motifs is 1. The average molecular weight is 277 g/mol. The van der Waals surface area contributed by atoms with Crippen LogP contribution in [0.5, 0.6) is 5.75 Å². The molecule has 0 saturated carbocycles. The van der Waals surface area contributed by atoms with E-state index in [1.165, 1.54) is 11.1 Å². The van der Waals surface area contributed by atoms with Gasteiger partial charge in [-0.15, -0.1) is 0 Å². The van der Waals surface area contributed by atoms with Gasteiger partial charge in [0.15, 0.2) is 0 Å². The van der Waals surface area contributed by atoms with Crippen molar-refractivity contribution in [2.24, 2.45) is 17.1 Å². The summed E-state index contributed by atoms with van der Waals surface area (Å²) in [5, 5.41) is 9.81. The summed E-state index contributed by atoms with van der Waals surface area (Å²) in [6, 6.07) is 6.33. The summed E-state index contributed by atoms with van der Waals surface area (Å²) in [5.74, 6) is 1.52. The fourth-order valence-corrected chi connectivity index (χ4v) is 3.36. The largest absolute Gasteiger partial charge is 0.490 e. The monoisotopic (exact) mass is 277 g/mol. The van der Waals surface area contributed by atoms with Crippen LogP contribution in [0.1, 0.15) is 37.8 Å². The van der Waals surface area contributed by atoms with Crippen LogP contribution < -0.4 is 10.5 Å². The number of aliphatic hydroxyl groups is 1. The minimum atomic E-state index is -0.212. The molecular formula is C17H27NO2. The molecule has 3 N–H and O–H groups in total. The van der Waals surface area contributed by atoms with E-state index in [2.05, 4.69) is 39.0 Å². The number of hydrogen-bond donors (Lipinski definition) is 2. The standard InChI is InChI=1S/C17H27NO2/c1-12(2)8-17(10-18,11-19)9-15-7-14-6-13(3)4-5-16(14)20-15/h4-6,12,15,19H,7-11,18H2,1-3H3. The first-order valence-electron chi connectivity index (χ1n) is 7.55. The molecule has 1 heterocycles. The zero-order valence-electron chi connectivity index (χ0n) is 12.9. The molecule has 0 fully saturated rings. The molecule has 0 radical (unpaired) electrons. The third-order valence-corrected chi connectivity index (χ3v) is 4.23. The molecule has 0 amide bonds. The Morgan fingerprint density at radius 3 is 2.80 bits per heavy atom. The van der Waals surface area contributed by atoms with Crippen LogP contribution in [0.25, 0.3) is 0 Å². The summed E-state index contributed by atoms with van der Waals surface area (Å²) in [6.45, 7) is 7.10. The van der Waals surface area contributed by atoms with Crippen molar-refractivity contribution in [2.75, 3.05) is 13.2 Å². The second kappa shape index (κ2) is 6.15. The summed E-state index contributed by atoms with van der Waals surface area (Å²) in [7, 11) is 0. The van der Waals surface area contributed by atoms with Crippen LogP contribution in [-0.4, -0.2) is 24.4 Å². The van der Waals surface area contributed by atoms with E-state index in [1.54, 1.807) is 0 Å². The Bertz CT molecular complexity index is 452. The number of hydrogen-bond acceptors (Lipinski definition) is 3. The first-order chi connectivity index (χ1) is 9.48. The molecule has 1 aromatic rings. The summed E-state index contributed by atoms with van der Waals surface area (Å²) >= 11 is 0. The normalized spacial score (nSPS) is 20.6. The van der Waals surface area contributed by atoms with Crippen LogP contribution in [-0.2, 0) is 6.42 Å². The number of nitrogens with two attached hydrogens (primary N) is 1. The van der Waals surface area contributed by atoms with Gasteiger partial charge in [-0.25, -0.2) is 0 Å². The lowest BCUT2D eigenvalue weighted by Gasteiger charge is -2.34. The average Bonchev–Trinajstić information content (AvgIpc) is 2.78. The maximum absolute atomic E-state index is 9.81. The fourth-order valence-electron chi connectivity index (χ4n) is 3.36. The molecule has 1 aromatic carbocycles. The number of aryl methyl sites for hydroxylation is 1. The molecule has 0 bridgehead atoms. The van der Waals surface area contributed by atoms with E-state index >= 15 is 0 Å². The van der Waals surface area contributed by atoms with Crippen LogP contribution in [0, 0.1) is 18.3 Å². The van der Waals surface area contributed by atoms with Gasteiger partial charge >= 0.3 is 0 Å². The lowest BCUT2D eigenvalue weighted by Crippen LogP contribution is -2.40. The molecule has 20 heavy (non-hydrogen) atoms. The van der Waals surface area contributed by atoms with E-state index in [0.717, 1.165) is 25.0 Å². The molecule has 3 heteroatoms. The first-order valence-corrected chi connectivity index (χ1v) is 7.55. The Labute approximate surface area is 122 Å². The van der Waals surface area contributed by atoms with Crippen molar-refractivity contribution in [3.63, 3.8) is 0 Å². The number of benzene rings is 1. The van der Waals surface area contributed by atoms with E-state index in [-0.39, 0.29) is 18.1 Å². The second-order valence-electron chi connectivity index (χ2n) is 6.72. The molecule has 0 aliphatic carbocycles. The molecule has 2 rings (SSSR count).